The molecule has 1 atom stereocenters. The van der Waals surface area contributed by atoms with Crippen molar-refractivity contribution in [2.24, 2.45) is 0 Å². The fraction of sp³-hybridized carbons (Fsp3) is 0.316. The van der Waals surface area contributed by atoms with E-state index in [4.69, 9.17) is 4.74 Å². The van der Waals surface area contributed by atoms with E-state index in [1.807, 2.05) is 37.3 Å². The molecule has 6 nitrogen and oxygen atoms in total. The lowest BCUT2D eigenvalue weighted by molar-refractivity contribution is 0.197. The Hall–Kier alpha value is -2.54. The van der Waals surface area contributed by atoms with Crippen LogP contribution in [0.2, 0.25) is 0 Å². The van der Waals surface area contributed by atoms with Crippen LogP contribution in [0.5, 0.6) is 11.5 Å². The summed E-state index contributed by atoms with van der Waals surface area (Å²) in [5, 5.41) is 2.82. The molecule has 26 heavy (non-hydrogen) atoms. The van der Waals surface area contributed by atoms with Gasteiger partial charge in [0.1, 0.15) is 11.5 Å². The summed E-state index contributed by atoms with van der Waals surface area (Å²) >= 11 is 0. The minimum atomic E-state index is -3.03. The molecule has 2 aromatic carbocycles. The maximum absolute atomic E-state index is 12.5. The number of hydrogen-bond donors (Lipinski definition) is 1. The number of sulfone groups is 1. The van der Waals surface area contributed by atoms with E-state index < -0.39 is 9.84 Å². The van der Waals surface area contributed by atoms with Crippen LogP contribution in [0.25, 0.3) is 0 Å². The zero-order valence-corrected chi connectivity index (χ0v) is 15.4. The SMILES string of the molecule is CCN(C(=O)Nc1ccc(Oc2ccccc2)cc1)C1CCS(=O)(=O)C1. The number of anilines is 1. The summed E-state index contributed by atoms with van der Waals surface area (Å²) in [6, 6.07) is 16.0. The number of amides is 2. The van der Waals surface area contributed by atoms with Gasteiger partial charge in [-0.15, -0.1) is 0 Å². The smallest absolute Gasteiger partial charge is 0.322 e. The first-order valence-electron chi connectivity index (χ1n) is 8.58. The van der Waals surface area contributed by atoms with E-state index in [0.29, 0.717) is 24.4 Å². The monoisotopic (exact) mass is 374 g/mol. The van der Waals surface area contributed by atoms with Crippen LogP contribution in [0.15, 0.2) is 54.6 Å². The summed E-state index contributed by atoms with van der Waals surface area (Å²) in [6.45, 7) is 2.31. The Bertz CT molecular complexity index is 851. The summed E-state index contributed by atoms with van der Waals surface area (Å²) in [7, 11) is -3.03. The third-order valence-corrected chi connectivity index (χ3v) is 6.09. The second kappa shape index (κ2) is 7.78. The third-order valence-electron chi connectivity index (χ3n) is 4.34. The first-order chi connectivity index (χ1) is 12.5. The molecule has 3 rings (SSSR count). The molecule has 1 saturated heterocycles. The lowest BCUT2D eigenvalue weighted by Gasteiger charge is -2.27. The topological polar surface area (TPSA) is 75.7 Å². The minimum Gasteiger partial charge on any atom is -0.457 e. The molecule has 138 valence electrons. The second-order valence-corrected chi connectivity index (χ2v) is 8.44. The van der Waals surface area contributed by atoms with Gasteiger partial charge in [0.2, 0.25) is 0 Å². The van der Waals surface area contributed by atoms with Gasteiger partial charge < -0.3 is 15.0 Å². The Morgan fingerprint density at radius 3 is 2.35 bits per heavy atom. The van der Waals surface area contributed by atoms with E-state index in [0.717, 1.165) is 5.75 Å². The van der Waals surface area contributed by atoms with Gasteiger partial charge in [-0.2, -0.15) is 0 Å². The quantitative estimate of drug-likeness (QED) is 0.869. The van der Waals surface area contributed by atoms with Crippen LogP contribution < -0.4 is 10.1 Å². The molecule has 0 aromatic heterocycles. The maximum Gasteiger partial charge on any atom is 0.322 e. The number of carbonyl (C=O) groups excluding carboxylic acids is 1. The van der Waals surface area contributed by atoms with Crippen LogP contribution in [0.4, 0.5) is 10.5 Å². The molecule has 2 aromatic rings. The number of rotatable bonds is 5. The molecular formula is C19H22N2O4S. The molecule has 0 radical (unpaired) electrons. The van der Waals surface area contributed by atoms with Crippen molar-refractivity contribution >= 4 is 21.6 Å². The molecule has 0 saturated carbocycles. The molecule has 7 heteroatoms. The molecule has 1 aliphatic rings. The van der Waals surface area contributed by atoms with Gasteiger partial charge in [-0.3, -0.25) is 0 Å². The van der Waals surface area contributed by atoms with Crippen molar-refractivity contribution in [1.82, 2.24) is 4.90 Å². The van der Waals surface area contributed by atoms with Crippen LogP contribution in [-0.2, 0) is 9.84 Å². The van der Waals surface area contributed by atoms with Gasteiger partial charge in [-0.05, 0) is 49.7 Å². The van der Waals surface area contributed by atoms with Gasteiger partial charge in [0.05, 0.1) is 11.5 Å². The largest absolute Gasteiger partial charge is 0.457 e. The highest BCUT2D eigenvalue weighted by atomic mass is 32.2. The highest BCUT2D eigenvalue weighted by Gasteiger charge is 2.33. The van der Waals surface area contributed by atoms with E-state index in [1.165, 1.54) is 0 Å². The molecule has 0 bridgehead atoms. The summed E-state index contributed by atoms with van der Waals surface area (Å²) in [5.74, 6) is 1.60. The fourth-order valence-corrected chi connectivity index (χ4v) is 4.75. The van der Waals surface area contributed by atoms with Crippen LogP contribution in [0, 0.1) is 0 Å². The molecule has 2 amide bonds. The number of carbonyl (C=O) groups is 1. The zero-order valence-electron chi connectivity index (χ0n) is 14.6. The summed E-state index contributed by atoms with van der Waals surface area (Å²) in [6.07, 6.45) is 0.493. The van der Waals surface area contributed by atoms with Gasteiger partial charge in [-0.25, -0.2) is 13.2 Å². The lowest BCUT2D eigenvalue weighted by Crippen LogP contribution is -2.43. The second-order valence-electron chi connectivity index (χ2n) is 6.21. The zero-order chi connectivity index (χ0) is 18.6. The number of benzene rings is 2. The van der Waals surface area contributed by atoms with Crippen molar-refractivity contribution in [2.75, 3.05) is 23.4 Å². The Balaban J connectivity index is 1.61. The summed E-state index contributed by atoms with van der Waals surface area (Å²) in [5.41, 5.74) is 0.634. The maximum atomic E-state index is 12.5. The molecule has 1 heterocycles. The first-order valence-corrected chi connectivity index (χ1v) is 10.4. The van der Waals surface area contributed by atoms with Crippen molar-refractivity contribution in [1.29, 1.82) is 0 Å². The van der Waals surface area contributed by atoms with Crippen LogP contribution in [0.1, 0.15) is 13.3 Å². The molecule has 1 N–H and O–H groups in total. The van der Waals surface area contributed by atoms with Crippen molar-refractivity contribution in [2.45, 2.75) is 19.4 Å². The van der Waals surface area contributed by atoms with Crippen LogP contribution in [-0.4, -0.2) is 43.4 Å². The van der Waals surface area contributed by atoms with E-state index >= 15 is 0 Å². The standard InChI is InChI=1S/C19H22N2O4S/c1-2-21(16-12-13-26(23,24)14-16)19(22)20-15-8-10-18(11-9-15)25-17-6-4-3-5-7-17/h3-11,16H,2,12-14H2,1H3,(H,20,22). The van der Waals surface area contributed by atoms with E-state index in [2.05, 4.69) is 5.32 Å². The predicted octanol–water partition coefficient (Wildman–Crippen LogP) is 3.52. The third kappa shape index (κ3) is 4.54. The van der Waals surface area contributed by atoms with Crippen LogP contribution in [0.3, 0.4) is 0 Å². The molecular weight excluding hydrogens is 352 g/mol. The van der Waals surface area contributed by atoms with Crippen molar-refractivity contribution < 1.29 is 17.9 Å². The highest BCUT2D eigenvalue weighted by Crippen LogP contribution is 2.23. The average Bonchev–Trinajstić information content (AvgIpc) is 2.98. The van der Waals surface area contributed by atoms with Gasteiger partial charge >= 0.3 is 6.03 Å². The van der Waals surface area contributed by atoms with Crippen molar-refractivity contribution in [3.8, 4) is 11.5 Å². The average molecular weight is 374 g/mol. The normalized spacial score (nSPS) is 18.3. The molecule has 1 aliphatic heterocycles. The Kier molecular flexibility index (Phi) is 5.46. The molecule has 1 fully saturated rings. The number of ether oxygens (including phenoxy) is 1. The molecule has 0 aliphatic carbocycles. The van der Waals surface area contributed by atoms with E-state index in [1.54, 1.807) is 29.2 Å². The predicted molar refractivity (Wildman–Crippen MR) is 101 cm³/mol. The Labute approximate surface area is 153 Å². The minimum absolute atomic E-state index is 0.0398. The molecule has 0 spiro atoms. The number of para-hydroxylation sites is 1. The summed E-state index contributed by atoms with van der Waals surface area (Å²) < 4.78 is 29.0. The van der Waals surface area contributed by atoms with E-state index in [-0.39, 0.29) is 23.6 Å². The number of hydrogen-bond acceptors (Lipinski definition) is 4. The summed E-state index contributed by atoms with van der Waals surface area (Å²) in [4.78, 5) is 14.1. The van der Waals surface area contributed by atoms with E-state index in [9.17, 15) is 13.2 Å². The van der Waals surface area contributed by atoms with Gasteiger partial charge in [0, 0.05) is 18.3 Å². The number of nitrogens with one attached hydrogen (secondary N) is 1. The lowest BCUT2D eigenvalue weighted by atomic mass is 10.2. The van der Waals surface area contributed by atoms with Crippen molar-refractivity contribution in [3.63, 3.8) is 0 Å². The number of nitrogens with zero attached hydrogens (tertiary/aromatic N) is 1. The first kappa shape index (κ1) is 18.3. The molecule has 1 unspecified atom stereocenters. The Morgan fingerprint density at radius 2 is 1.77 bits per heavy atom. The Morgan fingerprint density at radius 1 is 1.12 bits per heavy atom. The van der Waals surface area contributed by atoms with Crippen LogP contribution >= 0.6 is 0 Å². The van der Waals surface area contributed by atoms with Crippen molar-refractivity contribution in [3.05, 3.63) is 54.6 Å². The number of urea groups is 1. The highest BCUT2D eigenvalue weighted by molar-refractivity contribution is 7.91. The van der Waals surface area contributed by atoms with Gasteiger partial charge in [-0.1, -0.05) is 18.2 Å². The van der Waals surface area contributed by atoms with Gasteiger partial charge in [0.25, 0.3) is 0 Å². The fourth-order valence-electron chi connectivity index (χ4n) is 3.02. The van der Waals surface area contributed by atoms with Gasteiger partial charge in [0.15, 0.2) is 9.84 Å².